The van der Waals surface area contributed by atoms with Gasteiger partial charge in [0, 0.05) is 0 Å². The van der Waals surface area contributed by atoms with E-state index < -0.39 is 7.81 Å². The van der Waals surface area contributed by atoms with Gasteiger partial charge in [0.15, 0.2) is 0 Å². The van der Waals surface area contributed by atoms with Crippen LogP contribution in [-0.2, 0) is 13.6 Å². The normalized spacial score (nSPS) is 14.3. The van der Waals surface area contributed by atoms with E-state index in [2.05, 4.69) is 47.9 Å². The van der Waals surface area contributed by atoms with Crippen molar-refractivity contribution in [3.8, 4) is 0 Å². The van der Waals surface area contributed by atoms with Gasteiger partial charge in [-0.05, 0) is 11.1 Å². The van der Waals surface area contributed by atoms with Crippen LogP contribution < -0.4 is 4.57 Å². The first kappa shape index (κ1) is 18.2. The molecule has 0 fully saturated rings. The first-order valence-electron chi connectivity index (χ1n) is 6.02. The van der Waals surface area contributed by atoms with Crippen LogP contribution in [0.4, 0.5) is 25.2 Å². The van der Waals surface area contributed by atoms with Gasteiger partial charge in [-0.2, -0.15) is 0 Å². The molecule has 2 rings (SSSR count). The average Bonchev–Trinajstić information content (AvgIpc) is 2.72. The predicted octanol–water partition coefficient (Wildman–Crippen LogP) is 5.39. The second-order valence-electron chi connectivity index (χ2n) is 4.66. The molecule has 2 aromatic rings. The second-order valence-corrected chi connectivity index (χ2v) is 6.57. The molecule has 0 saturated carbocycles. The maximum absolute atomic E-state index is 10.7. The SMILES string of the molecule is C=Cc1ccc(C[n+]2ccn(C)c2)cc1.F[P-](F)(F)(F)(F)F. The number of nitrogens with zero attached hydrogens (tertiary/aromatic N) is 2. The first-order chi connectivity index (χ1) is 9.72. The summed E-state index contributed by atoms with van der Waals surface area (Å²) in [6.45, 7) is 4.65. The summed E-state index contributed by atoms with van der Waals surface area (Å²) in [5, 5.41) is 0. The molecule has 0 saturated heterocycles. The van der Waals surface area contributed by atoms with Gasteiger partial charge < -0.3 is 0 Å². The predicted molar refractivity (Wildman–Crippen MR) is 74.8 cm³/mol. The van der Waals surface area contributed by atoms with Crippen molar-refractivity contribution < 1.29 is 29.7 Å². The summed E-state index contributed by atoms with van der Waals surface area (Å²) in [7, 11) is -8.63. The number of benzene rings is 1. The monoisotopic (exact) mass is 344 g/mol. The number of imidazole rings is 1. The van der Waals surface area contributed by atoms with Crippen LogP contribution in [0, 0.1) is 0 Å². The van der Waals surface area contributed by atoms with E-state index in [0.717, 1.165) is 12.1 Å². The molecule has 0 N–H and O–H groups in total. The van der Waals surface area contributed by atoms with Gasteiger partial charge in [0.05, 0.1) is 7.05 Å². The van der Waals surface area contributed by atoms with E-state index in [1.807, 2.05) is 23.9 Å². The van der Waals surface area contributed by atoms with Gasteiger partial charge >= 0.3 is 33.0 Å². The minimum atomic E-state index is -10.7. The van der Waals surface area contributed by atoms with Crippen molar-refractivity contribution >= 4 is 13.9 Å². The van der Waals surface area contributed by atoms with Crippen LogP contribution in [0.1, 0.15) is 11.1 Å². The Morgan fingerprint density at radius 1 is 1.09 bits per heavy atom. The van der Waals surface area contributed by atoms with Gasteiger partial charge in [0.2, 0.25) is 6.33 Å². The molecule has 1 aromatic carbocycles. The van der Waals surface area contributed by atoms with Crippen LogP contribution in [0.25, 0.3) is 6.08 Å². The van der Waals surface area contributed by atoms with E-state index in [-0.39, 0.29) is 0 Å². The molecule has 0 aliphatic carbocycles. The van der Waals surface area contributed by atoms with Crippen molar-refractivity contribution in [1.82, 2.24) is 4.57 Å². The summed E-state index contributed by atoms with van der Waals surface area (Å²) in [5.41, 5.74) is 2.47. The van der Waals surface area contributed by atoms with E-state index in [9.17, 15) is 25.2 Å². The van der Waals surface area contributed by atoms with Crippen LogP contribution in [0.15, 0.2) is 49.6 Å². The van der Waals surface area contributed by atoms with Crippen molar-refractivity contribution in [3.63, 3.8) is 0 Å². The Bertz CT molecular complexity index is 631. The van der Waals surface area contributed by atoms with E-state index in [4.69, 9.17) is 0 Å². The van der Waals surface area contributed by atoms with Crippen LogP contribution in [0.2, 0.25) is 0 Å². The van der Waals surface area contributed by atoms with Gasteiger partial charge in [-0.15, -0.1) is 0 Å². The Morgan fingerprint density at radius 3 is 1.95 bits per heavy atom. The Hall–Kier alpha value is -1.82. The third kappa shape index (κ3) is 9.99. The molecule has 0 amide bonds. The molecule has 0 atom stereocenters. The van der Waals surface area contributed by atoms with Gasteiger partial charge in [0.1, 0.15) is 18.9 Å². The van der Waals surface area contributed by atoms with Crippen LogP contribution in [0.3, 0.4) is 0 Å². The summed E-state index contributed by atoms with van der Waals surface area (Å²) < 4.78 is 63.4. The molecule has 0 aliphatic rings. The summed E-state index contributed by atoms with van der Waals surface area (Å²) >= 11 is 0. The van der Waals surface area contributed by atoms with Crippen LogP contribution >= 0.6 is 7.81 Å². The molecule has 0 unspecified atom stereocenters. The van der Waals surface area contributed by atoms with E-state index in [1.165, 1.54) is 5.56 Å². The van der Waals surface area contributed by atoms with E-state index in [1.54, 1.807) is 0 Å². The third-order valence-electron chi connectivity index (χ3n) is 2.40. The zero-order chi connectivity index (χ0) is 17.1. The topological polar surface area (TPSA) is 8.81 Å². The molecular formula is C13H15F6N2P. The summed E-state index contributed by atoms with van der Waals surface area (Å²) in [6.07, 6.45) is 8.04. The molecule has 9 heteroatoms. The Morgan fingerprint density at radius 2 is 1.59 bits per heavy atom. The third-order valence-corrected chi connectivity index (χ3v) is 2.40. The van der Waals surface area contributed by atoms with E-state index in [0.29, 0.717) is 0 Å². The second kappa shape index (κ2) is 5.43. The molecule has 2 nitrogen and oxygen atoms in total. The number of aryl methyl sites for hydroxylation is 1. The molecular weight excluding hydrogens is 329 g/mol. The van der Waals surface area contributed by atoms with Gasteiger partial charge in [-0.25, -0.2) is 9.13 Å². The first-order valence-corrected chi connectivity index (χ1v) is 8.04. The Kier molecular flexibility index (Phi) is 4.50. The van der Waals surface area contributed by atoms with Gasteiger partial charge in [-0.3, -0.25) is 0 Å². The number of rotatable bonds is 3. The fraction of sp³-hybridized carbons (Fsp3) is 0.154. The molecule has 22 heavy (non-hydrogen) atoms. The maximum atomic E-state index is 9.87. The van der Waals surface area contributed by atoms with Crippen molar-refractivity contribution in [1.29, 1.82) is 0 Å². The summed E-state index contributed by atoms with van der Waals surface area (Å²) in [4.78, 5) is 0. The average molecular weight is 344 g/mol. The van der Waals surface area contributed by atoms with Crippen molar-refractivity contribution in [2.45, 2.75) is 6.54 Å². The molecule has 1 heterocycles. The van der Waals surface area contributed by atoms with Crippen molar-refractivity contribution in [2.24, 2.45) is 7.05 Å². The fourth-order valence-electron chi connectivity index (χ4n) is 1.57. The quantitative estimate of drug-likeness (QED) is 0.401. The Balaban J connectivity index is 0.000000295. The van der Waals surface area contributed by atoms with Gasteiger partial charge in [-0.1, -0.05) is 36.9 Å². The molecule has 1 aromatic heterocycles. The van der Waals surface area contributed by atoms with Crippen LogP contribution in [-0.4, -0.2) is 4.57 Å². The molecule has 0 aliphatic heterocycles. The number of aromatic nitrogens is 2. The Labute approximate surface area is 123 Å². The summed E-state index contributed by atoms with van der Waals surface area (Å²) in [5.74, 6) is 0. The minimum absolute atomic E-state index is 0.915. The summed E-state index contributed by atoms with van der Waals surface area (Å²) in [6, 6.07) is 8.45. The zero-order valence-electron chi connectivity index (χ0n) is 11.6. The van der Waals surface area contributed by atoms with Crippen LogP contribution in [0.5, 0.6) is 0 Å². The van der Waals surface area contributed by atoms with Gasteiger partial charge in [0.25, 0.3) is 0 Å². The number of halogens is 6. The van der Waals surface area contributed by atoms with E-state index >= 15 is 0 Å². The van der Waals surface area contributed by atoms with Crippen molar-refractivity contribution in [3.05, 3.63) is 60.7 Å². The fourth-order valence-corrected chi connectivity index (χ4v) is 1.57. The zero-order valence-corrected chi connectivity index (χ0v) is 12.5. The van der Waals surface area contributed by atoms with Crippen molar-refractivity contribution in [2.75, 3.05) is 0 Å². The molecule has 0 spiro atoms. The standard InChI is InChI=1S/C13H15N2.F6P/c1-3-12-4-6-13(7-5-12)10-15-9-8-14(2)11-15;1-7(2,3,4,5)6/h3-9,11H,1,10H2,2H3;/q+1;-1. The molecule has 0 bridgehead atoms. The molecule has 124 valence electrons. The molecule has 0 radical (unpaired) electrons. The number of hydrogen-bond donors (Lipinski definition) is 0. The number of hydrogen-bond acceptors (Lipinski definition) is 0.